The lowest BCUT2D eigenvalue weighted by atomic mass is 9.96. The Bertz CT molecular complexity index is 1550. The van der Waals surface area contributed by atoms with Crippen LogP contribution in [0.1, 0.15) is 57.5 Å². The molecule has 0 saturated carbocycles. The zero-order valence-electron chi connectivity index (χ0n) is 25.0. The molecule has 3 heterocycles. The third-order valence-corrected chi connectivity index (χ3v) is 8.82. The largest absolute Gasteiger partial charge is 0.499 e. The molecule has 226 valence electrons. The van der Waals surface area contributed by atoms with Gasteiger partial charge in [0.05, 0.1) is 48.0 Å². The van der Waals surface area contributed by atoms with Gasteiger partial charge in [-0.1, -0.05) is 12.2 Å². The van der Waals surface area contributed by atoms with E-state index in [1.54, 1.807) is 32.3 Å². The number of rotatable bonds is 14. The van der Waals surface area contributed by atoms with Crippen molar-refractivity contribution in [1.82, 2.24) is 19.2 Å². The van der Waals surface area contributed by atoms with Crippen LogP contribution in [0.2, 0.25) is 0 Å². The second-order valence-corrected chi connectivity index (χ2v) is 12.7. The maximum atomic E-state index is 12.7. The van der Waals surface area contributed by atoms with Crippen LogP contribution in [0.5, 0.6) is 0 Å². The van der Waals surface area contributed by atoms with E-state index in [0.717, 1.165) is 29.8 Å². The van der Waals surface area contributed by atoms with Crippen molar-refractivity contribution in [2.75, 3.05) is 19.9 Å². The zero-order chi connectivity index (χ0) is 30.6. The van der Waals surface area contributed by atoms with E-state index >= 15 is 0 Å². The number of carbonyl (C=O) groups is 1. The number of hydrogen-bond donors (Lipinski definition) is 1. The lowest BCUT2D eigenvalue weighted by Gasteiger charge is -2.30. The molecular formula is C31H41N5O5S. The maximum absolute atomic E-state index is 12.7. The summed E-state index contributed by atoms with van der Waals surface area (Å²) in [6.45, 7) is 13.5. The third-order valence-electron chi connectivity index (χ3n) is 7.28. The Hall–Kier alpha value is -3.70. The summed E-state index contributed by atoms with van der Waals surface area (Å²) in [5.74, 6) is 0.986. The van der Waals surface area contributed by atoms with Crippen LogP contribution < -0.4 is 4.72 Å². The van der Waals surface area contributed by atoms with Gasteiger partial charge in [0, 0.05) is 19.0 Å². The number of esters is 1. The molecular weight excluding hydrogens is 554 g/mol. The van der Waals surface area contributed by atoms with Crippen molar-refractivity contribution in [3.8, 4) is 0 Å². The highest BCUT2D eigenvalue weighted by Gasteiger charge is 2.41. The van der Waals surface area contributed by atoms with Crippen molar-refractivity contribution in [1.29, 1.82) is 0 Å². The summed E-state index contributed by atoms with van der Waals surface area (Å²) >= 11 is 0. The van der Waals surface area contributed by atoms with Gasteiger partial charge in [0.2, 0.25) is 10.0 Å². The smallest absolute Gasteiger partial charge is 0.338 e. The number of amidine groups is 1. The standard InChI is InChI=1S/C31H41N5O5S/c1-8-10-11-12-16-42(38,39)34-21(5)24-14-13-22-18-26(36(15-9-2)29(22)32-24)30-33-25-17-23(31(37)41-20(3)4)19-27(40-7)28(25)35(30)6/h8-9,13-14,17-21,25,28,34H,1-2,10-12,15-16H2,3-7H3/t21-,25?,28?/m1/s1. The van der Waals surface area contributed by atoms with E-state index in [-0.39, 0.29) is 23.9 Å². The van der Waals surface area contributed by atoms with E-state index in [1.807, 2.05) is 54.6 Å². The molecule has 42 heavy (non-hydrogen) atoms. The highest BCUT2D eigenvalue weighted by atomic mass is 32.2. The highest BCUT2D eigenvalue weighted by Crippen LogP contribution is 2.33. The fraction of sp³-hybridized carbons (Fsp3) is 0.452. The molecule has 2 aliphatic rings. The first kappa shape index (κ1) is 31.2. The van der Waals surface area contributed by atoms with Gasteiger partial charge < -0.3 is 18.9 Å². The predicted octanol–water partition coefficient (Wildman–Crippen LogP) is 4.41. The lowest BCUT2D eigenvalue weighted by Crippen LogP contribution is -2.40. The number of pyridine rings is 1. The van der Waals surface area contributed by atoms with Crippen LogP contribution in [-0.4, -0.2) is 72.8 Å². The van der Waals surface area contributed by atoms with Gasteiger partial charge in [-0.15, -0.1) is 13.2 Å². The topological polar surface area (TPSA) is 115 Å². The van der Waals surface area contributed by atoms with Crippen molar-refractivity contribution in [2.24, 2.45) is 4.99 Å². The first-order chi connectivity index (χ1) is 20.0. The van der Waals surface area contributed by atoms with E-state index in [1.165, 1.54) is 0 Å². The quantitative estimate of drug-likeness (QED) is 0.195. The molecule has 2 aromatic heterocycles. The van der Waals surface area contributed by atoms with Gasteiger partial charge in [-0.25, -0.2) is 22.9 Å². The summed E-state index contributed by atoms with van der Waals surface area (Å²) in [5.41, 5.74) is 2.56. The first-order valence-corrected chi connectivity index (χ1v) is 15.9. The molecule has 1 aliphatic heterocycles. The molecule has 0 bridgehead atoms. The summed E-state index contributed by atoms with van der Waals surface area (Å²) in [7, 11) is 0.0680. The predicted molar refractivity (Wildman–Crippen MR) is 166 cm³/mol. The normalized spacial score (nSPS) is 19.2. The minimum absolute atomic E-state index is 0.0577. The maximum Gasteiger partial charge on any atom is 0.338 e. The van der Waals surface area contributed by atoms with Crippen LogP contribution in [0.25, 0.3) is 11.0 Å². The summed E-state index contributed by atoms with van der Waals surface area (Å²) in [4.78, 5) is 24.6. The van der Waals surface area contributed by atoms with Crippen LogP contribution in [0.3, 0.4) is 0 Å². The van der Waals surface area contributed by atoms with Gasteiger partial charge in [0.15, 0.2) is 0 Å². The number of carbonyl (C=O) groups excluding carboxylic acids is 1. The van der Waals surface area contributed by atoms with E-state index in [0.29, 0.717) is 35.6 Å². The molecule has 0 aromatic carbocycles. The molecule has 0 radical (unpaired) electrons. The summed E-state index contributed by atoms with van der Waals surface area (Å²) in [5, 5.41) is 0.889. The van der Waals surface area contributed by atoms with Gasteiger partial charge in [-0.3, -0.25) is 4.99 Å². The number of ether oxygens (including phenoxy) is 2. The van der Waals surface area contributed by atoms with Crippen molar-refractivity contribution < 1.29 is 22.7 Å². The average molecular weight is 596 g/mol. The zero-order valence-corrected chi connectivity index (χ0v) is 25.9. The Morgan fingerprint density at radius 3 is 2.62 bits per heavy atom. The number of nitrogens with one attached hydrogen (secondary N) is 1. The fourth-order valence-electron chi connectivity index (χ4n) is 5.31. The van der Waals surface area contributed by atoms with Gasteiger partial charge in [0.25, 0.3) is 0 Å². The number of aromatic nitrogens is 2. The van der Waals surface area contributed by atoms with E-state index in [2.05, 4.69) is 17.9 Å². The molecule has 11 heteroatoms. The monoisotopic (exact) mass is 595 g/mol. The fourth-order valence-corrected chi connectivity index (χ4v) is 6.67. The minimum Gasteiger partial charge on any atom is -0.499 e. The van der Waals surface area contributed by atoms with Gasteiger partial charge in [-0.05, 0) is 70.4 Å². The van der Waals surface area contributed by atoms with Crippen LogP contribution in [0.15, 0.2) is 72.0 Å². The number of nitrogens with zero attached hydrogens (tertiary/aromatic N) is 4. The molecule has 4 rings (SSSR count). The Morgan fingerprint density at radius 1 is 1.19 bits per heavy atom. The number of aliphatic imine (C=N–C) groups is 1. The number of likely N-dealkylation sites (N-methyl/N-ethyl adjacent to an activating group) is 1. The molecule has 3 atom stereocenters. The van der Waals surface area contributed by atoms with Crippen molar-refractivity contribution in [3.63, 3.8) is 0 Å². The van der Waals surface area contributed by atoms with E-state index in [4.69, 9.17) is 19.5 Å². The van der Waals surface area contributed by atoms with Crippen LogP contribution in [0.4, 0.5) is 0 Å². The average Bonchev–Trinajstić information content (AvgIpc) is 3.46. The molecule has 0 spiro atoms. The molecule has 2 aromatic rings. The van der Waals surface area contributed by atoms with Crippen LogP contribution in [0, 0.1) is 0 Å². The second-order valence-electron chi connectivity index (χ2n) is 10.8. The van der Waals surface area contributed by atoms with Crippen LogP contribution in [-0.2, 0) is 30.8 Å². The van der Waals surface area contributed by atoms with Crippen molar-refractivity contribution in [3.05, 3.63) is 78.4 Å². The molecule has 0 amide bonds. The van der Waals surface area contributed by atoms with Crippen molar-refractivity contribution >= 4 is 32.9 Å². The van der Waals surface area contributed by atoms with Gasteiger partial charge >= 0.3 is 5.97 Å². The number of methoxy groups -OCH3 is 1. The molecule has 1 aliphatic carbocycles. The number of hydrogen-bond acceptors (Lipinski definition) is 8. The number of sulfonamides is 1. The number of unbranched alkanes of at least 4 members (excludes halogenated alkanes) is 2. The SMILES string of the molecule is C=CCCCCS(=O)(=O)N[C@H](C)c1ccc2cc(C3=NC4C=C(C(=O)OC(C)C)C=C(OC)C4N3C)n(CC=C)c2n1. The van der Waals surface area contributed by atoms with Crippen molar-refractivity contribution in [2.45, 2.75) is 70.8 Å². The number of allylic oxidation sites excluding steroid dienone is 2. The molecule has 10 nitrogen and oxygen atoms in total. The summed E-state index contributed by atoms with van der Waals surface area (Å²) in [6, 6.07) is 4.73. The Labute approximate surface area is 248 Å². The lowest BCUT2D eigenvalue weighted by molar-refractivity contribution is -0.142. The Morgan fingerprint density at radius 2 is 1.95 bits per heavy atom. The first-order valence-electron chi connectivity index (χ1n) is 14.2. The van der Waals surface area contributed by atoms with Gasteiger partial charge in [0.1, 0.15) is 23.3 Å². The van der Waals surface area contributed by atoms with Gasteiger partial charge in [-0.2, -0.15) is 0 Å². The summed E-state index contributed by atoms with van der Waals surface area (Å²) < 4.78 is 41.2. The molecule has 2 unspecified atom stereocenters. The Kier molecular flexibility index (Phi) is 9.73. The van der Waals surface area contributed by atoms with E-state index in [9.17, 15) is 13.2 Å². The highest BCUT2D eigenvalue weighted by molar-refractivity contribution is 7.89. The minimum atomic E-state index is -3.46. The molecule has 0 fully saturated rings. The van der Waals surface area contributed by atoms with Crippen LogP contribution >= 0.6 is 0 Å². The van der Waals surface area contributed by atoms with E-state index < -0.39 is 22.0 Å². The Balaban J connectivity index is 1.66. The third kappa shape index (κ3) is 6.68. The summed E-state index contributed by atoms with van der Waals surface area (Å²) in [6.07, 6.45) is 9.02. The second kappa shape index (κ2) is 13.1. The molecule has 1 N–H and O–H groups in total. The number of fused-ring (bicyclic) bond motifs is 2. The molecule has 0 saturated heterocycles.